The molecule has 0 spiro atoms. The number of hydrogen-bond donors (Lipinski definition) is 1. The van der Waals surface area contributed by atoms with Gasteiger partial charge in [-0.15, -0.1) is 0 Å². The molecule has 16 heavy (non-hydrogen) atoms. The first kappa shape index (κ1) is 12.8. The summed E-state index contributed by atoms with van der Waals surface area (Å²) < 4.78 is 10.8. The highest BCUT2D eigenvalue weighted by atomic mass is 16.5. The molecule has 90 valence electrons. The highest BCUT2D eigenvalue weighted by Crippen LogP contribution is 2.28. The standard InChI is InChI=1S/C13H20O3/c1-10(2)6-7-16-13-8-11(9-14)4-5-12(13)15-3/h4-5,8,10,14H,6-7,9H2,1-3H3. The molecule has 1 N–H and O–H groups in total. The van der Waals surface area contributed by atoms with E-state index in [0.29, 0.717) is 24.0 Å². The molecule has 0 aliphatic rings. The van der Waals surface area contributed by atoms with Crippen LogP contribution in [0.2, 0.25) is 0 Å². The second-order valence-electron chi connectivity index (χ2n) is 4.17. The van der Waals surface area contributed by atoms with E-state index in [1.807, 2.05) is 18.2 Å². The van der Waals surface area contributed by atoms with Gasteiger partial charge < -0.3 is 14.6 Å². The molecule has 0 saturated heterocycles. The van der Waals surface area contributed by atoms with Crippen LogP contribution in [0.4, 0.5) is 0 Å². The molecular weight excluding hydrogens is 204 g/mol. The highest BCUT2D eigenvalue weighted by molar-refractivity contribution is 5.42. The van der Waals surface area contributed by atoms with Gasteiger partial charge in [0.2, 0.25) is 0 Å². The summed E-state index contributed by atoms with van der Waals surface area (Å²) in [7, 11) is 1.61. The van der Waals surface area contributed by atoms with E-state index in [1.54, 1.807) is 7.11 Å². The third-order valence-electron chi connectivity index (χ3n) is 2.36. The normalized spacial score (nSPS) is 10.6. The SMILES string of the molecule is COc1ccc(CO)cc1OCCC(C)C. The molecule has 0 aromatic heterocycles. The summed E-state index contributed by atoms with van der Waals surface area (Å²) in [5, 5.41) is 9.04. The number of rotatable bonds is 6. The Bertz CT molecular complexity index is 321. The van der Waals surface area contributed by atoms with E-state index < -0.39 is 0 Å². The lowest BCUT2D eigenvalue weighted by Crippen LogP contribution is -2.03. The Morgan fingerprint density at radius 1 is 1.25 bits per heavy atom. The summed E-state index contributed by atoms with van der Waals surface area (Å²) in [6, 6.07) is 5.46. The molecular formula is C13H20O3. The number of benzene rings is 1. The van der Waals surface area contributed by atoms with Gasteiger partial charge in [0.25, 0.3) is 0 Å². The molecule has 1 aromatic rings. The Morgan fingerprint density at radius 2 is 2.00 bits per heavy atom. The minimum atomic E-state index is 0.0184. The largest absolute Gasteiger partial charge is 0.493 e. The molecule has 3 nitrogen and oxygen atoms in total. The fraction of sp³-hybridized carbons (Fsp3) is 0.538. The van der Waals surface area contributed by atoms with Crippen molar-refractivity contribution in [3.8, 4) is 11.5 Å². The molecule has 0 bridgehead atoms. The third-order valence-corrected chi connectivity index (χ3v) is 2.36. The molecule has 0 amide bonds. The van der Waals surface area contributed by atoms with Gasteiger partial charge >= 0.3 is 0 Å². The molecule has 0 aliphatic carbocycles. The van der Waals surface area contributed by atoms with Gasteiger partial charge in [-0.2, -0.15) is 0 Å². The van der Waals surface area contributed by atoms with Gasteiger partial charge in [0.15, 0.2) is 11.5 Å². The molecule has 0 unspecified atom stereocenters. The number of ether oxygens (including phenoxy) is 2. The third kappa shape index (κ3) is 3.74. The number of hydrogen-bond acceptors (Lipinski definition) is 3. The zero-order valence-electron chi connectivity index (χ0n) is 10.2. The van der Waals surface area contributed by atoms with Crippen molar-refractivity contribution in [3.05, 3.63) is 23.8 Å². The summed E-state index contributed by atoms with van der Waals surface area (Å²) in [5.41, 5.74) is 0.834. The van der Waals surface area contributed by atoms with Crippen molar-refractivity contribution in [2.24, 2.45) is 5.92 Å². The van der Waals surface area contributed by atoms with Gasteiger partial charge in [-0.1, -0.05) is 19.9 Å². The lowest BCUT2D eigenvalue weighted by molar-refractivity contribution is 0.266. The number of aliphatic hydroxyl groups excluding tert-OH is 1. The Labute approximate surface area is 97.0 Å². The first-order valence-corrected chi connectivity index (χ1v) is 5.58. The van der Waals surface area contributed by atoms with Crippen molar-refractivity contribution < 1.29 is 14.6 Å². The fourth-order valence-electron chi connectivity index (χ4n) is 1.34. The maximum atomic E-state index is 9.04. The summed E-state index contributed by atoms with van der Waals surface area (Å²) in [6.07, 6.45) is 1.01. The van der Waals surface area contributed by atoms with E-state index in [2.05, 4.69) is 13.8 Å². The predicted octanol–water partition coefficient (Wildman–Crippen LogP) is 2.61. The lowest BCUT2D eigenvalue weighted by atomic mass is 10.1. The Morgan fingerprint density at radius 3 is 2.56 bits per heavy atom. The van der Waals surface area contributed by atoms with Gasteiger partial charge in [-0.05, 0) is 30.0 Å². The maximum Gasteiger partial charge on any atom is 0.161 e. The van der Waals surface area contributed by atoms with Crippen LogP contribution in [0, 0.1) is 5.92 Å². The number of methoxy groups -OCH3 is 1. The van der Waals surface area contributed by atoms with E-state index in [-0.39, 0.29) is 6.61 Å². The Kier molecular flexibility index (Phi) is 5.12. The first-order chi connectivity index (χ1) is 7.67. The number of aliphatic hydroxyl groups is 1. The van der Waals surface area contributed by atoms with Crippen molar-refractivity contribution >= 4 is 0 Å². The zero-order valence-corrected chi connectivity index (χ0v) is 10.2. The zero-order chi connectivity index (χ0) is 12.0. The average molecular weight is 224 g/mol. The lowest BCUT2D eigenvalue weighted by Gasteiger charge is -2.12. The quantitative estimate of drug-likeness (QED) is 0.807. The van der Waals surface area contributed by atoms with Crippen LogP contribution in [0.1, 0.15) is 25.8 Å². The summed E-state index contributed by atoms with van der Waals surface area (Å²) in [5.74, 6) is 2.03. The fourth-order valence-corrected chi connectivity index (χ4v) is 1.34. The van der Waals surface area contributed by atoms with Crippen LogP contribution < -0.4 is 9.47 Å². The van der Waals surface area contributed by atoms with Gasteiger partial charge in [0, 0.05) is 0 Å². The van der Waals surface area contributed by atoms with Crippen LogP contribution in [0.25, 0.3) is 0 Å². The molecule has 0 atom stereocenters. The second kappa shape index (κ2) is 6.38. The first-order valence-electron chi connectivity index (χ1n) is 5.58. The van der Waals surface area contributed by atoms with E-state index in [4.69, 9.17) is 14.6 Å². The van der Waals surface area contributed by atoms with Crippen LogP contribution in [-0.2, 0) is 6.61 Å². The average Bonchev–Trinajstić information content (AvgIpc) is 2.28. The van der Waals surface area contributed by atoms with Gasteiger partial charge in [0.1, 0.15) is 0 Å². The molecule has 3 heteroatoms. The van der Waals surface area contributed by atoms with Crippen molar-refractivity contribution in [2.45, 2.75) is 26.9 Å². The van der Waals surface area contributed by atoms with Crippen LogP contribution in [0.15, 0.2) is 18.2 Å². The van der Waals surface area contributed by atoms with Gasteiger partial charge in [-0.25, -0.2) is 0 Å². The van der Waals surface area contributed by atoms with Crippen molar-refractivity contribution in [3.63, 3.8) is 0 Å². The molecule has 0 heterocycles. The van der Waals surface area contributed by atoms with Crippen LogP contribution in [0.3, 0.4) is 0 Å². The minimum absolute atomic E-state index is 0.0184. The summed E-state index contributed by atoms with van der Waals surface area (Å²) in [6.45, 7) is 5.00. The molecule has 0 aliphatic heterocycles. The van der Waals surface area contributed by atoms with Gasteiger partial charge in [-0.3, -0.25) is 0 Å². The summed E-state index contributed by atoms with van der Waals surface area (Å²) in [4.78, 5) is 0. The molecule has 1 rings (SSSR count). The highest BCUT2D eigenvalue weighted by Gasteiger charge is 2.05. The Hall–Kier alpha value is -1.22. The van der Waals surface area contributed by atoms with Crippen LogP contribution in [0.5, 0.6) is 11.5 Å². The van der Waals surface area contributed by atoms with Crippen LogP contribution >= 0.6 is 0 Å². The van der Waals surface area contributed by atoms with Crippen molar-refractivity contribution in [1.29, 1.82) is 0 Å². The Balaban J connectivity index is 2.67. The van der Waals surface area contributed by atoms with E-state index in [9.17, 15) is 0 Å². The monoisotopic (exact) mass is 224 g/mol. The van der Waals surface area contributed by atoms with E-state index >= 15 is 0 Å². The van der Waals surface area contributed by atoms with Crippen molar-refractivity contribution in [2.75, 3.05) is 13.7 Å². The van der Waals surface area contributed by atoms with Crippen molar-refractivity contribution in [1.82, 2.24) is 0 Å². The topological polar surface area (TPSA) is 38.7 Å². The molecule has 0 saturated carbocycles. The van der Waals surface area contributed by atoms with Crippen LogP contribution in [-0.4, -0.2) is 18.8 Å². The van der Waals surface area contributed by atoms with Gasteiger partial charge in [0.05, 0.1) is 20.3 Å². The minimum Gasteiger partial charge on any atom is -0.493 e. The smallest absolute Gasteiger partial charge is 0.161 e. The predicted molar refractivity (Wildman–Crippen MR) is 63.9 cm³/mol. The summed E-state index contributed by atoms with van der Waals surface area (Å²) >= 11 is 0. The van der Waals surface area contributed by atoms with E-state index in [0.717, 1.165) is 12.0 Å². The second-order valence-corrected chi connectivity index (χ2v) is 4.17. The van der Waals surface area contributed by atoms with E-state index in [1.165, 1.54) is 0 Å². The molecule has 0 radical (unpaired) electrons. The maximum absolute atomic E-state index is 9.04. The molecule has 1 aromatic carbocycles. The molecule has 0 fully saturated rings.